The molecule has 0 fully saturated rings. The molecule has 1 rings (SSSR count). The van der Waals surface area contributed by atoms with Crippen LogP contribution in [0.1, 0.15) is 12.7 Å². The van der Waals surface area contributed by atoms with Gasteiger partial charge in [0, 0.05) is 20.2 Å². The van der Waals surface area contributed by atoms with Crippen molar-refractivity contribution in [3.8, 4) is 0 Å². The molecule has 1 heterocycles. The number of rotatable bonds is 6. The second kappa shape index (κ2) is 5.63. The van der Waals surface area contributed by atoms with Crippen LogP contribution >= 0.6 is 0 Å². The van der Waals surface area contributed by atoms with Crippen LogP contribution in [0.25, 0.3) is 0 Å². The number of nitrogens with zero attached hydrogens (tertiary/aromatic N) is 1. The number of ether oxygens (including phenoxy) is 1. The van der Waals surface area contributed by atoms with Crippen LogP contribution in [0, 0.1) is 0 Å². The van der Waals surface area contributed by atoms with Gasteiger partial charge in [-0.2, -0.15) is 4.31 Å². The Balaban J connectivity index is 2.94. The number of hydrogen-bond donors (Lipinski definition) is 1. The molecule has 0 saturated heterocycles. The van der Waals surface area contributed by atoms with Gasteiger partial charge >= 0.3 is 0 Å². The first-order chi connectivity index (χ1) is 7.93. The van der Waals surface area contributed by atoms with Crippen molar-refractivity contribution >= 4 is 10.0 Å². The van der Waals surface area contributed by atoms with Gasteiger partial charge in [0.1, 0.15) is 5.76 Å². The summed E-state index contributed by atoms with van der Waals surface area (Å²) in [5, 5.41) is -0.0941. The molecule has 0 amide bonds. The molecule has 1 atom stereocenters. The van der Waals surface area contributed by atoms with Gasteiger partial charge in [0.05, 0.1) is 13.2 Å². The predicted molar refractivity (Wildman–Crippen MR) is 62.9 cm³/mol. The van der Waals surface area contributed by atoms with Crippen molar-refractivity contribution < 1.29 is 17.6 Å². The minimum Gasteiger partial charge on any atom is -0.447 e. The quantitative estimate of drug-likeness (QED) is 0.801. The fraction of sp³-hybridized carbons (Fsp3) is 0.600. The highest BCUT2D eigenvalue weighted by atomic mass is 32.2. The summed E-state index contributed by atoms with van der Waals surface area (Å²) in [7, 11) is -0.605. The third-order valence-corrected chi connectivity index (χ3v) is 4.35. The lowest BCUT2D eigenvalue weighted by atomic mass is 10.4. The van der Waals surface area contributed by atoms with Crippen molar-refractivity contribution in [2.45, 2.75) is 24.6 Å². The highest BCUT2D eigenvalue weighted by molar-refractivity contribution is 7.89. The van der Waals surface area contributed by atoms with Crippen LogP contribution in [0.4, 0.5) is 0 Å². The number of likely N-dealkylation sites (N-methyl/N-ethyl adjacent to an activating group) is 1. The standard InChI is InChI=1S/C10H18N2O4S/c1-8(7-15-3)12(2)17(13,14)10-5-4-9(6-11)16-10/h4-5,8H,6-7,11H2,1-3H3. The van der Waals surface area contributed by atoms with E-state index in [2.05, 4.69) is 0 Å². The van der Waals surface area contributed by atoms with Gasteiger partial charge in [-0.25, -0.2) is 8.42 Å². The third-order valence-electron chi connectivity index (χ3n) is 2.50. The van der Waals surface area contributed by atoms with Crippen molar-refractivity contribution in [2.75, 3.05) is 20.8 Å². The molecule has 1 aromatic heterocycles. The van der Waals surface area contributed by atoms with Crippen LogP contribution in [0.2, 0.25) is 0 Å². The second-order valence-electron chi connectivity index (χ2n) is 3.75. The fourth-order valence-corrected chi connectivity index (χ4v) is 2.60. The van der Waals surface area contributed by atoms with Gasteiger partial charge in [-0.15, -0.1) is 0 Å². The maximum atomic E-state index is 12.1. The minimum absolute atomic E-state index is 0.0941. The topological polar surface area (TPSA) is 85.8 Å². The Labute approximate surface area is 101 Å². The van der Waals surface area contributed by atoms with E-state index in [1.807, 2.05) is 0 Å². The molecule has 2 N–H and O–H groups in total. The van der Waals surface area contributed by atoms with Gasteiger partial charge < -0.3 is 14.9 Å². The van der Waals surface area contributed by atoms with Gasteiger partial charge in [0.15, 0.2) is 0 Å². The molecule has 6 nitrogen and oxygen atoms in total. The number of nitrogens with two attached hydrogens (primary N) is 1. The molecule has 0 radical (unpaired) electrons. The Bertz CT molecular complexity index is 455. The van der Waals surface area contributed by atoms with Gasteiger partial charge in [-0.3, -0.25) is 0 Å². The Kier molecular flexibility index (Phi) is 4.70. The summed E-state index contributed by atoms with van der Waals surface area (Å²) in [6.45, 7) is 2.25. The van der Waals surface area contributed by atoms with E-state index in [0.717, 1.165) is 0 Å². The molecule has 0 aromatic carbocycles. The highest BCUT2D eigenvalue weighted by Crippen LogP contribution is 2.19. The van der Waals surface area contributed by atoms with E-state index >= 15 is 0 Å². The van der Waals surface area contributed by atoms with E-state index in [-0.39, 0.29) is 17.7 Å². The smallest absolute Gasteiger partial charge is 0.276 e. The van der Waals surface area contributed by atoms with Crippen LogP contribution in [0.3, 0.4) is 0 Å². The lowest BCUT2D eigenvalue weighted by molar-refractivity contribution is 0.148. The normalized spacial score (nSPS) is 14.2. The molecule has 0 aliphatic heterocycles. The minimum atomic E-state index is -3.62. The Morgan fingerprint density at radius 1 is 1.53 bits per heavy atom. The van der Waals surface area contributed by atoms with E-state index in [9.17, 15) is 8.42 Å². The van der Waals surface area contributed by atoms with E-state index in [0.29, 0.717) is 12.4 Å². The summed E-state index contributed by atoms with van der Waals surface area (Å²) in [5.41, 5.74) is 5.37. The zero-order valence-corrected chi connectivity index (χ0v) is 11.0. The third kappa shape index (κ3) is 3.06. The van der Waals surface area contributed by atoms with Crippen LogP contribution < -0.4 is 5.73 Å². The first kappa shape index (κ1) is 14.2. The van der Waals surface area contributed by atoms with E-state index in [1.54, 1.807) is 13.0 Å². The monoisotopic (exact) mass is 262 g/mol. The number of hydrogen-bond acceptors (Lipinski definition) is 5. The number of methoxy groups -OCH3 is 1. The fourth-order valence-electron chi connectivity index (χ4n) is 1.33. The van der Waals surface area contributed by atoms with Crippen molar-refractivity contribution in [3.63, 3.8) is 0 Å². The molecule has 1 unspecified atom stereocenters. The highest BCUT2D eigenvalue weighted by Gasteiger charge is 2.28. The largest absolute Gasteiger partial charge is 0.447 e. The summed E-state index contributed by atoms with van der Waals surface area (Å²) in [6, 6.07) is 2.70. The predicted octanol–water partition coefficient (Wildman–Crippen LogP) is 0.394. The molecular formula is C10H18N2O4S. The summed E-state index contributed by atoms with van der Waals surface area (Å²) in [5.74, 6) is 0.441. The maximum Gasteiger partial charge on any atom is 0.276 e. The van der Waals surface area contributed by atoms with E-state index in [4.69, 9.17) is 14.9 Å². The van der Waals surface area contributed by atoms with Crippen molar-refractivity contribution in [1.82, 2.24) is 4.31 Å². The lowest BCUT2D eigenvalue weighted by Crippen LogP contribution is -2.37. The van der Waals surface area contributed by atoms with E-state index in [1.165, 1.54) is 24.5 Å². The van der Waals surface area contributed by atoms with Crippen molar-refractivity contribution in [3.05, 3.63) is 17.9 Å². The molecule has 0 spiro atoms. The summed E-state index contributed by atoms with van der Waals surface area (Å²) in [4.78, 5) is 0. The molecule has 0 aliphatic rings. The summed E-state index contributed by atoms with van der Waals surface area (Å²) in [6.07, 6.45) is 0. The Morgan fingerprint density at radius 3 is 2.65 bits per heavy atom. The molecule has 1 aromatic rings. The zero-order valence-electron chi connectivity index (χ0n) is 10.2. The molecule has 0 bridgehead atoms. The summed E-state index contributed by atoms with van der Waals surface area (Å²) >= 11 is 0. The maximum absolute atomic E-state index is 12.1. The van der Waals surface area contributed by atoms with Crippen molar-refractivity contribution in [1.29, 1.82) is 0 Å². The van der Waals surface area contributed by atoms with Crippen LogP contribution in [0.5, 0.6) is 0 Å². The molecular weight excluding hydrogens is 244 g/mol. The van der Waals surface area contributed by atoms with Gasteiger partial charge in [-0.1, -0.05) is 0 Å². The second-order valence-corrected chi connectivity index (χ2v) is 5.68. The zero-order chi connectivity index (χ0) is 13.1. The molecule has 0 aliphatic carbocycles. The van der Waals surface area contributed by atoms with Gasteiger partial charge in [0.25, 0.3) is 10.0 Å². The van der Waals surface area contributed by atoms with Crippen molar-refractivity contribution in [2.24, 2.45) is 5.73 Å². The van der Waals surface area contributed by atoms with Crippen LogP contribution in [-0.2, 0) is 21.3 Å². The SMILES string of the molecule is COCC(C)N(C)S(=O)(=O)c1ccc(CN)o1. The van der Waals surface area contributed by atoms with Gasteiger partial charge in [-0.05, 0) is 19.1 Å². The lowest BCUT2D eigenvalue weighted by Gasteiger charge is -2.22. The van der Waals surface area contributed by atoms with Crippen LogP contribution in [0.15, 0.2) is 21.6 Å². The average Bonchev–Trinajstić information content (AvgIpc) is 2.77. The first-order valence-electron chi connectivity index (χ1n) is 5.19. The molecule has 0 saturated carbocycles. The van der Waals surface area contributed by atoms with E-state index < -0.39 is 10.0 Å². The first-order valence-corrected chi connectivity index (χ1v) is 6.63. The Morgan fingerprint density at radius 2 is 2.18 bits per heavy atom. The summed E-state index contributed by atoms with van der Waals surface area (Å²) < 4.78 is 35.5. The number of furan rings is 1. The molecule has 7 heteroatoms. The molecule has 98 valence electrons. The average molecular weight is 262 g/mol. The Hall–Kier alpha value is -0.890. The molecule has 17 heavy (non-hydrogen) atoms. The van der Waals surface area contributed by atoms with Crippen LogP contribution in [-0.4, -0.2) is 39.5 Å². The van der Waals surface area contributed by atoms with Gasteiger partial charge in [0.2, 0.25) is 5.09 Å². The number of sulfonamides is 1.